The summed E-state index contributed by atoms with van der Waals surface area (Å²) in [5.41, 5.74) is 3.83. The molecule has 142 valence electrons. The zero-order valence-electron chi connectivity index (χ0n) is 15.3. The van der Waals surface area contributed by atoms with Crippen LogP contribution in [0.4, 0.5) is 0 Å². The van der Waals surface area contributed by atoms with Crippen molar-refractivity contribution in [2.24, 2.45) is 0 Å². The van der Waals surface area contributed by atoms with Gasteiger partial charge in [0.2, 0.25) is 0 Å². The molecule has 1 aromatic heterocycles. The number of para-hydroxylation sites is 2. The molecule has 3 aromatic carbocycles. The second-order valence-corrected chi connectivity index (χ2v) is 8.22. The molecule has 4 nitrogen and oxygen atoms in total. The van der Waals surface area contributed by atoms with Crippen molar-refractivity contribution < 1.29 is 4.74 Å². The molecule has 0 atom stereocenters. The largest absolute Gasteiger partial charge is 0.489 e. The monoisotopic (exact) mass is 461 g/mol. The molecule has 29 heavy (non-hydrogen) atoms. The van der Waals surface area contributed by atoms with Crippen LogP contribution in [-0.2, 0) is 6.61 Å². The fraction of sp³-hybridized carbons (Fsp3) is 0.0435. The Balaban J connectivity index is 1.47. The first-order valence-corrected chi connectivity index (χ1v) is 10.5. The van der Waals surface area contributed by atoms with Crippen LogP contribution in [0, 0.1) is 11.3 Å². The van der Waals surface area contributed by atoms with Crippen LogP contribution in [0.5, 0.6) is 5.75 Å². The molecule has 0 spiro atoms. The number of hydrogen-bond donors (Lipinski definition) is 1. The van der Waals surface area contributed by atoms with Gasteiger partial charge in [0.05, 0.1) is 15.9 Å². The molecule has 0 saturated carbocycles. The lowest BCUT2D eigenvalue weighted by atomic mass is 10.2. The predicted molar refractivity (Wildman–Crippen MR) is 120 cm³/mol. The van der Waals surface area contributed by atoms with Gasteiger partial charge in [0.1, 0.15) is 18.4 Å². The van der Waals surface area contributed by atoms with Gasteiger partial charge < -0.3 is 9.72 Å². The van der Waals surface area contributed by atoms with E-state index in [4.69, 9.17) is 4.74 Å². The quantitative estimate of drug-likeness (QED) is 0.260. The summed E-state index contributed by atoms with van der Waals surface area (Å²) < 4.78 is 6.93. The number of nitrogens with zero attached hydrogens (tertiary/aromatic N) is 2. The first kappa shape index (κ1) is 19.3. The first-order chi connectivity index (χ1) is 14.2. The van der Waals surface area contributed by atoms with E-state index in [1.807, 2.05) is 78.9 Å². The number of thioether (sulfide) groups is 1. The lowest BCUT2D eigenvalue weighted by Gasteiger charge is -2.07. The Labute approximate surface area is 181 Å². The third-order valence-corrected chi connectivity index (χ3v) is 5.50. The summed E-state index contributed by atoms with van der Waals surface area (Å²) in [6, 6.07) is 25.8. The van der Waals surface area contributed by atoms with Crippen LogP contribution in [0.15, 0.2) is 87.3 Å². The normalized spacial score (nSPS) is 11.4. The second kappa shape index (κ2) is 8.99. The smallest absolute Gasteiger partial charge is 0.171 e. The van der Waals surface area contributed by atoms with E-state index in [0.717, 1.165) is 32.4 Å². The van der Waals surface area contributed by atoms with Gasteiger partial charge in [-0.1, -0.05) is 52.3 Å². The van der Waals surface area contributed by atoms with Crippen LogP contribution in [0.3, 0.4) is 0 Å². The van der Waals surface area contributed by atoms with Crippen molar-refractivity contribution in [3.8, 4) is 11.8 Å². The van der Waals surface area contributed by atoms with Gasteiger partial charge in [0.15, 0.2) is 5.16 Å². The summed E-state index contributed by atoms with van der Waals surface area (Å²) in [6.07, 6.45) is 1.84. The fourth-order valence-electron chi connectivity index (χ4n) is 2.76. The van der Waals surface area contributed by atoms with Gasteiger partial charge in [0.25, 0.3) is 0 Å². The predicted octanol–water partition coefficient (Wildman–Crippen LogP) is 6.56. The van der Waals surface area contributed by atoms with E-state index >= 15 is 0 Å². The number of rotatable bonds is 6. The molecule has 0 aliphatic carbocycles. The molecule has 4 aromatic rings. The van der Waals surface area contributed by atoms with Crippen LogP contribution in [0.2, 0.25) is 0 Å². The maximum atomic E-state index is 9.55. The summed E-state index contributed by atoms with van der Waals surface area (Å²) in [4.78, 5) is 8.30. The number of allylic oxidation sites excluding steroid dienone is 1. The zero-order chi connectivity index (χ0) is 20.1. The third kappa shape index (κ3) is 5.08. The van der Waals surface area contributed by atoms with Gasteiger partial charge in [0, 0.05) is 4.47 Å². The van der Waals surface area contributed by atoms with Gasteiger partial charge in [-0.3, -0.25) is 0 Å². The number of halogens is 1. The van der Waals surface area contributed by atoms with Crippen LogP contribution >= 0.6 is 27.7 Å². The Morgan fingerprint density at radius 3 is 2.72 bits per heavy atom. The first-order valence-electron chi connectivity index (χ1n) is 8.91. The molecule has 0 radical (unpaired) electrons. The molecule has 0 unspecified atom stereocenters. The molecule has 4 rings (SSSR count). The van der Waals surface area contributed by atoms with Crippen LogP contribution in [0.1, 0.15) is 11.1 Å². The van der Waals surface area contributed by atoms with Gasteiger partial charge in [-0.05, 0) is 65.4 Å². The van der Waals surface area contributed by atoms with E-state index in [-0.39, 0.29) is 0 Å². The van der Waals surface area contributed by atoms with Crippen molar-refractivity contribution in [1.29, 1.82) is 5.26 Å². The van der Waals surface area contributed by atoms with Gasteiger partial charge >= 0.3 is 0 Å². The standard InChI is InChI=1S/C23H16BrN3OS/c24-18-10-8-16(9-11-18)15-28-19-5-3-4-17(12-19)13-20(14-25)29-23-26-21-6-1-2-7-22(21)27-23/h1-13H,15H2,(H,26,27)/b20-13+. The minimum atomic E-state index is 0.485. The molecule has 0 bridgehead atoms. The molecule has 0 fully saturated rings. The number of benzene rings is 3. The minimum absolute atomic E-state index is 0.485. The number of ether oxygens (including phenoxy) is 1. The highest BCUT2D eigenvalue weighted by Crippen LogP contribution is 2.28. The van der Waals surface area contributed by atoms with Gasteiger partial charge in [-0.2, -0.15) is 5.26 Å². The Morgan fingerprint density at radius 2 is 1.93 bits per heavy atom. The van der Waals surface area contributed by atoms with Crippen molar-refractivity contribution in [2.45, 2.75) is 11.8 Å². The molecule has 6 heteroatoms. The minimum Gasteiger partial charge on any atom is -0.489 e. The zero-order valence-corrected chi connectivity index (χ0v) is 17.7. The number of H-pyrrole nitrogens is 1. The summed E-state index contributed by atoms with van der Waals surface area (Å²) in [5.74, 6) is 0.757. The van der Waals surface area contributed by atoms with Crippen molar-refractivity contribution in [3.63, 3.8) is 0 Å². The van der Waals surface area contributed by atoms with E-state index in [0.29, 0.717) is 16.7 Å². The number of nitriles is 1. The van der Waals surface area contributed by atoms with E-state index in [1.165, 1.54) is 11.8 Å². The summed E-state index contributed by atoms with van der Waals surface area (Å²) >= 11 is 4.75. The van der Waals surface area contributed by atoms with Gasteiger partial charge in [-0.15, -0.1) is 0 Å². The Morgan fingerprint density at radius 1 is 1.10 bits per heavy atom. The van der Waals surface area contributed by atoms with E-state index in [9.17, 15) is 5.26 Å². The fourth-order valence-corrected chi connectivity index (χ4v) is 3.78. The van der Waals surface area contributed by atoms with E-state index in [2.05, 4.69) is 32.0 Å². The highest BCUT2D eigenvalue weighted by Gasteiger charge is 2.07. The lowest BCUT2D eigenvalue weighted by Crippen LogP contribution is -1.95. The number of imidazole rings is 1. The molecule has 0 amide bonds. The summed E-state index contributed by atoms with van der Waals surface area (Å²) in [6.45, 7) is 0.485. The van der Waals surface area contributed by atoms with E-state index < -0.39 is 0 Å². The van der Waals surface area contributed by atoms with Crippen LogP contribution < -0.4 is 4.74 Å². The highest BCUT2D eigenvalue weighted by atomic mass is 79.9. The maximum Gasteiger partial charge on any atom is 0.171 e. The molecule has 0 saturated heterocycles. The number of aromatic amines is 1. The number of fused-ring (bicyclic) bond motifs is 1. The number of nitrogens with one attached hydrogen (secondary N) is 1. The van der Waals surface area contributed by atoms with Crippen molar-refractivity contribution in [3.05, 3.63) is 93.3 Å². The Kier molecular flexibility index (Phi) is 5.99. The molecule has 0 aliphatic heterocycles. The SMILES string of the molecule is N#C/C(=C\c1cccc(OCc2ccc(Br)cc2)c1)Sc1nc2ccccc2[nH]1. The van der Waals surface area contributed by atoms with Crippen LogP contribution in [0.25, 0.3) is 17.1 Å². The number of aromatic nitrogens is 2. The van der Waals surface area contributed by atoms with Crippen molar-refractivity contribution in [2.75, 3.05) is 0 Å². The highest BCUT2D eigenvalue weighted by molar-refractivity contribution is 9.10. The van der Waals surface area contributed by atoms with E-state index in [1.54, 1.807) is 0 Å². The lowest BCUT2D eigenvalue weighted by molar-refractivity contribution is 0.306. The third-order valence-electron chi connectivity index (χ3n) is 4.16. The Bertz CT molecular complexity index is 1180. The summed E-state index contributed by atoms with van der Waals surface area (Å²) in [7, 11) is 0. The van der Waals surface area contributed by atoms with Gasteiger partial charge in [-0.25, -0.2) is 4.98 Å². The Hall–Kier alpha value is -3.01. The molecule has 1 heterocycles. The molecule has 0 aliphatic rings. The van der Waals surface area contributed by atoms with Crippen molar-refractivity contribution >= 4 is 44.8 Å². The molecule has 1 N–H and O–H groups in total. The topological polar surface area (TPSA) is 61.7 Å². The average Bonchev–Trinajstić information content (AvgIpc) is 3.15. The average molecular weight is 462 g/mol. The number of hydrogen-bond acceptors (Lipinski definition) is 4. The summed E-state index contributed by atoms with van der Waals surface area (Å²) in [5, 5.41) is 10.2. The molecular formula is C23H16BrN3OS. The molecular weight excluding hydrogens is 446 g/mol. The second-order valence-electron chi connectivity index (χ2n) is 6.27. The van der Waals surface area contributed by atoms with Crippen LogP contribution in [-0.4, -0.2) is 9.97 Å². The maximum absolute atomic E-state index is 9.55. The van der Waals surface area contributed by atoms with Crippen molar-refractivity contribution in [1.82, 2.24) is 9.97 Å².